The smallest absolute Gasteiger partial charge is 0.265 e. The molecule has 8 heteroatoms. The molecule has 1 amide bonds. The van der Waals surface area contributed by atoms with E-state index in [1.807, 2.05) is 30.3 Å². The molecule has 0 radical (unpaired) electrons. The van der Waals surface area contributed by atoms with Crippen molar-refractivity contribution in [3.8, 4) is 22.3 Å². The van der Waals surface area contributed by atoms with Gasteiger partial charge >= 0.3 is 0 Å². The van der Waals surface area contributed by atoms with E-state index in [0.29, 0.717) is 33.0 Å². The van der Waals surface area contributed by atoms with Crippen molar-refractivity contribution in [2.75, 3.05) is 19.5 Å². The third kappa shape index (κ3) is 3.22. The molecule has 4 aromatic rings. The van der Waals surface area contributed by atoms with Crippen molar-refractivity contribution in [1.82, 2.24) is 10.2 Å². The summed E-state index contributed by atoms with van der Waals surface area (Å²) in [5, 5.41) is 12.8. The highest BCUT2D eigenvalue weighted by Gasteiger charge is 2.20. The molecule has 2 heterocycles. The number of rotatable bonds is 5. The first kappa shape index (κ1) is 17.0. The molecule has 7 nitrogen and oxygen atoms in total. The largest absolute Gasteiger partial charge is 0.496 e. The van der Waals surface area contributed by atoms with Crippen LogP contribution in [-0.4, -0.2) is 30.3 Å². The summed E-state index contributed by atoms with van der Waals surface area (Å²) in [6.45, 7) is 0. The number of carbonyl (C=O) groups is 1. The SMILES string of the molecule is COc1cccc(OC)c1C(=O)Nc1nnc(-c2cc3ccccc3o2)s1. The first-order valence-corrected chi connectivity index (χ1v) is 8.86. The molecule has 1 N–H and O–H groups in total. The third-order valence-corrected chi connectivity index (χ3v) is 4.79. The summed E-state index contributed by atoms with van der Waals surface area (Å²) in [5.41, 5.74) is 1.06. The summed E-state index contributed by atoms with van der Waals surface area (Å²) in [4.78, 5) is 12.7. The number of ether oxygens (including phenoxy) is 2. The maximum atomic E-state index is 12.7. The van der Waals surface area contributed by atoms with Crippen LogP contribution >= 0.6 is 11.3 Å². The second-order valence-electron chi connectivity index (χ2n) is 5.55. The Morgan fingerprint density at radius 2 is 1.78 bits per heavy atom. The van der Waals surface area contributed by atoms with Crippen LogP contribution in [0, 0.1) is 0 Å². The number of amides is 1. The summed E-state index contributed by atoms with van der Waals surface area (Å²) in [5.74, 6) is 1.03. The number of nitrogens with zero attached hydrogens (tertiary/aromatic N) is 2. The summed E-state index contributed by atoms with van der Waals surface area (Å²) >= 11 is 1.22. The molecule has 0 fully saturated rings. The molecule has 0 bridgehead atoms. The van der Waals surface area contributed by atoms with Gasteiger partial charge in [-0.1, -0.05) is 35.6 Å². The minimum atomic E-state index is -0.392. The molecule has 0 unspecified atom stereocenters. The Bertz CT molecular complexity index is 1060. The van der Waals surface area contributed by atoms with Crippen LogP contribution in [0.15, 0.2) is 52.9 Å². The summed E-state index contributed by atoms with van der Waals surface area (Å²) < 4.78 is 16.3. The van der Waals surface area contributed by atoms with Crippen molar-refractivity contribution in [3.05, 3.63) is 54.1 Å². The summed E-state index contributed by atoms with van der Waals surface area (Å²) in [6.07, 6.45) is 0. The zero-order valence-corrected chi connectivity index (χ0v) is 15.4. The topological polar surface area (TPSA) is 86.5 Å². The monoisotopic (exact) mass is 381 g/mol. The van der Waals surface area contributed by atoms with Gasteiger partial charge in [-0.3, -0.25) is 10.1 Å². The Morgan fingerprint density at radius 3 is 2.48 bits per heavy atom. The number of furan rings is 1. The van der Waals surface area contributed by atoms with E-state index < -0.39 is 5.91 Å². The van der Waals surface area contributed by atoms with Crippen molar-refractivity contribution < 1.29 is 18.7 Å². The van der Waals surface area contributed by atoms with Gasteiger partial charge in [0, 0.05) is 5.39 Å². The lowest BCUT2D eigenvalue weighted by Gasteiger charge is -2.11. The van der Waals surface area contributed by atoms with E-state index in [0.717, 1.165) is 11.0 Å². The number of hydrogen-bond donors (Lipinski definition) is 1. The van der Waals surface area contributed by atoms with Gasteiger partial charge in [0.05, 0.1) is 14.2 Å². The van der Waals surface area contributed by atoms with Gasteiger partial charge in [0.2, 0.25) is 5.13 Å². The van der Waals surface area contributed by atoms with Crippen molar-refractivity contribution in [2.45, 2.75) is 0 Å². The van der Waals surface area contributed by atoms with Crippen molar-refractivity contribution in [2.24, 2.45) is 0 Å². The highest BCUT2D eigenvalue weighted by molar-refractivity contribution is 7.18. The normalized spacial score (nSPS) is 10.7. The van der Waals surface area contributed by atoms with Crippen LogP contribution in [0.5, 0.6) is 11.5 Å². The number of aromatic nitrogens is 2. The molecule has 2 aromatic carbocycles. The zero-order valence-electron chi connectivity index (χ0n) is 14.6. The van der Waals surface area contributed by atoms with Gasteiger partial charge < -0.3 is 13.9 Å². The van der Waals surface area contributed by atoms with E-state index in [2.05, 4.69) is 15.5 Å². The first-order chi connectivity index (χ1) is 13.2. The zero-order chi connectivity index (χ0) is 18.8. The molecule has 0 atom stereocenters. The Hall–Kier alpha value is -3.39. The Balaban J connectivity index is 1.60. The third-order valence-electron chi connectivity index (χ3n) is 3.94. The number of para-hydroxylation sites is 1. The number of benzene rings is 2. The van der Waals surface area contributed by atoms with Gasteiger partial charge in [0.25, 0.3) is 5.91 Å². The Labute approximate surface area is 158 Å². The summed E-state index contributed by atoms with van der Waals surface area (Å²) in [6, 6.07) is 14.7. The van der Waals surface area contributed by atoms with Gasteiger partial charge in [0.15, 0.2) is 10.8 Å². The fourth-order valence-electron chi connectivity index (χ4n) is 2.70. The minimum absolute atomic E-state index is 0.294. The van der Waals surface area contributed by atoms with Gasteiger partial charge in [-0.05, 0) is 24.3 Å². The molecule has 0 saturated heterocycles. The van der Waals surface area contributed by atoms with Crippen molar-refractivity contribution >= 4 is 33.3 Å². The number of carbonyl (C=O) groups excluding carboxylic acids is 1. The van der Waals surface area contributed by atoms with Crippen LogP contribution in [0.2, 0.25) is 0 Å². The minimum Gasteiger partial charge on any atom is -0.496 e. The van der Waals surface area contributed by atoms with E-state index in [1.54, 1.807) is 18.2 Å². The molecular formula is C19H15N3O4S. The maximum absolute atomic E-state index is 12.7. The average Bonchev–Trinajstić information content (AvgIpc) is 3.33. The molecule has 0 aliphatic heterocycles. The number of methoxy groups -OCH3 is 2. The Kier molecular flexibility index (Phi) is 4.47. The number of fused-ring (bicyclic) bond motifs is 1. The molecule has 0 aliphatic carbocycles. The molecule has 0 spiro atoms. The van der Waals surface area contributed by atoms with E-state index >= 15 is 0 Å². The lowest BCUT2D eigenvalue weighted by Crippen LogP contribution is -2.14. The lowest BCUT2D eigenvalue weighted by molar-refractivity contribution is 0.102. The highest BCUT2D eigenvalue weighted by atomic mass is 32.1. The number of anilines is 1. The van der Waals surface area contributed by atoms with Crippen LogP contribution < -0.4 is 14.8 Å². The predicted octanol–water partition coefficient (Wildman–Crippen LogP) is 4.22. The van der Waals surface area contributed by atoms with Crippen molar-refractivity contribution in [1.29, 1.82) is 0 Å². The summed E-state index contributed by atoms with van der Waals surface area (Å²) in [7, 11) is 2.99. The van der Waals surface area contributed by atoms with E-state index in [4.69, 9.17) is 13.9 Å². The molecule has 136 valence electrons. The quantitative estimate of drug-likeness (QED) is 0.557. The van der Waals surface area contributed by atoms with E-state index in [-0.39, 0.29) is 0 Å². The van der Waals surface area contributed by atoms with Crippen LogP contribution in [0.1, 0.15) is 10.4 Å². The molecular weight excluding hydrogens is 366 g/mol. The van der Waals surface area contributed by atoms with Crippen LogP contribution in [-0.2, 0) is 0 Å². The second-order valence-corrected chi connectivity index (χ2v) is 6.53. The van der Waals surface area contributed by atoms with Crippen LogP contribution in [0.3, 0.4) is 0 Å². The average molecular weight is 381 g/mol. The molecule has 27 heavy (non-hydrogen) atoms. The highest BCUT2D eigenvalue weighted by Crippen LogP contribution is 2.33. The predicted molar refractivity (Wildman–Crippen MR) is 103 cm³/mol. The second kappa shape index (κ2) is 7.08. The molecule has 0 saturated carbocycles. The van der Waals surface area contributed by atoms with Gasteiger partial charge in [-0.15, -0.1) is 10.2 Å². The molecule has 2 aromatic heterocycles. The van der Waals surface area contributed by atoms with Gasteiger partial charge in [0.1, 0.15) is 22.6 Å². The first-order valence-electron chi connectivity index (χ1n) is 8.04. The number of nitrogens with one attached hydrogen (secondary N) is 1. The number of hydrogen-bond acceptors (Lipinski definition) is 7. The molecule has 4 rings (SSSR count). The Morgan fingerprint density at radius 1 is 1.04 bits per heavy atom. The van der Waals surface area contributed by atoms with Gasteiger partial charge in [-0.25, -0.2) is 0 Å². The fourth-order valence-corrected chi connectivity index (χ4v) is 3.39. The van der Waals surface area contributed by atoms with Gasteiger partial charge in [-0.2, -0.15) is 0 Å². The maximum Gasteiger partial charge on any atom is 0.265 e. The standard InChI is InChI=1S/C19H15N3O4S/c1-24-13-8-5-9-14(25-2)16(13)17(23)20-19-22-21-18(27-19)15-10-11-6-3-4-7-12(11)26-15/h3-10H,1-2H3,(H,20,22,23). The van der Waals surface area contributed by atoms with Crippen molar-refractivity contribution in [3.63, 3.8) is 0 Å². The van der Waals surface area contributed by atoms with Crippen LogP contribution in [0.25, 0.3) is 21.7 Å². The van der Waals surface area contributed by atoms with E-state index in [1.165, 1.54) is 25.6 Å². The van der Waals surface area contributed by atoms with E-state index in [9.17, 15) is 4.79 Å². The lowest BCUT2D eigenvalue weighted by atomic mass is 10.1. The fraction of sp³-hybridized carbons (Fsp3) is 0.105. The van der Waals surface area contributed by atoms with Crippen LogP contribution in [0.4, 0.5) is 5.13 Å². The molecule has 0 aliphatic rings.